The van der Waals surface area contributed by atoms with Gasteiger partial charge in [-0.25, -0.2) is 0 Å². The molecule has 0 unspecified atom stereocenters. The van der Waals surface area contributed by atoms with Gasteiger partial charge in [-0.15, -0.1) is 0 Å². The Hall–Kier alpha value is -1.36. The zero-order valence-corrected chi connectivity index (χ0v) is 13.0. The third-order valence-corrected chi connectivity index (χ3v) is 5.67. The zero-order chi connectivity index (χ0) is 14.8. The number of fused-ring (bicyclic) bond motifs is 2. The van der Waals surface area contributed by atoms with Gasteiger partial charge < -0.3 is 10.1 Å². The number of aryl methyl sites for hydroxylation is 1. The van der Waals surface area contributed by atoms with Crippen molar-refractivity contribution in [2.75, 3.05) is 7.11 Å². The Labute approximate surface area is 128 Å². The molecule has 1 N–H and O–H groups in total. The van der Waals surface area contributed by atoms with E-state index < -0.39 is 0 Å². The lowest BCUT2D eigenvalue weighted by Gasteiger charge is -2.29. The maximum absolute atomic E-state index is 12.2. The van der Waals surface area contributed by atoms with Crippen LogP contribution in [0.3, 0.4) is 0 Å². The van der Waals surface area contributed by atoms with E-state index in [0.717, 1.165) is 25.7 Å². The quantitative estimate of drug-likeness (QED) is 0.850. The number of amides is 1. The van der Waals surface area contributed by atoms with Crippen molar-refractivity contribution in [2.45, 2.75) is 38.1 Å². The van der Waals surface area contributed by atoms with E-state index in [9.17, 15) is 9.59 Å². The van der Waals surface area contributed by atoms with Gasteiger partial charge in [-0.05, 0) is 59.9 Å². The Kier molecular flexibility index (Phi) is 4.29. The molecule has 0 aromatic carbocycles. The second-order valence-electron chi connectivity index (χ2n) is 6.11. The molecule has 2 bridgehead atoms. The predicted octanol–water partition coefficient (Wildman–Crippen LogP) is 2.38. The van der Waals surface area contributed by atoms with Crippen LogP contribution in [0.5, 0.6) is 0 Å². The fourth-order valence-corrected chi connectivity index (χ4v) is 4.63. The fourth-order valence-electron chi connectivity index (χ4n) is 3.93. The van der Waals surface area contributed by atoms with Crippen molar-refractivity contribution in [3.05, 3.63) is 22.4 Å². The molecular weight excluding hydrogens is 286 g/mol. The Bertz CT molecular complexity index is 514. The Morgan fingerprint density at radius 1 is 1.38 bits per heavy atom. The summed E-state index contributed by atoms with van der Waals surface area (Å²) < 4.78 is 4.93. The summed E-state index contributed by atoms with van der Waals surface area (Å²) in [6, 6.07) is 2.03. The molecule has 2 saturated carbocycles. The van der Waals surface area contributed by atoms with Crippen LogP contribution in [-0.4, -0.2) is 25.0 Å². The van der Waals surface area contributed by atoms with E-state index in [-0.39, 0.29) is 23.8 Å². The molecule has 21 heavy (non-hydrogen) atoms. The molecule has 1 amide bonds. The van der Waals surface area contributed by atoms with Crippen LogP contribution in [-0.2, 0) is 20.7 Å². The predicted molar refractivity (Wildman–Crippen MR) is 80.9 cm³/mol. The largest absolute Gasteiger partial charge is 0.469 e. The number of esters is 1. The summed E-state index contributed by atoms with van der Waals surface area (Å²) in [6.45, 7) is 0. The van der Waals surface area contributed by atoms with Crippen molar-refractivity contribution in [3.63, 3.8) is 0 Å². The maximum atomic E-state index is 12.2. The first-order valence-corrected chi connectivity index (χ1v) is 8.51. The average Bonchev–Trinajstić information content (AvgIpc) is 3.21. The molecule has 114 valence electrons. The summed E-state index contributed by atoms with van der Waals surface area (Å²) in [7, 11) is 1.43. The zero-order valence-electron chi connectivity index (χ0n) is 12.2. The van der Waals surface area contributed by atoms with E-state index in [1.165, 1.54) is 12.7 Å². The number of hydrogen-bond donors (Lipinski definition) is 1. The number of rotatable bonds is 5. The first kappa shape index (κ1) is 14.6. The van der Waals surface area contributed by atoms with Gasteiger partial charge in [-0.1, -0.05) is 0 Å². The lowest BCUT2D eigenvalue weighted by molar-refractivity contribution is -0.148. The van der Waals surface area contributed by atoms with E-state index in [1.807, 2.05) is 11.4 Å². The van der Waals surface area contributed by atoms with Gasteiger partial charge in [-0.2, -0.15) is 11.3 Å². The second-order valence-corrected chi connectivity index (χ2v) is 6.89. The van der Waals surface area contributed by atoms with Gasteiger partial charge in [-0.3, -0.25) is 9.59 Å². The number of methoxy groups -OCH3 is 1. The highest BCUT2D eigenvalue weighted by atomic mass is 32.1. The van der Waals surface area contributed by atoms with Gasteiger partial charge in [0, 0.05) is 12.5 Å². The van der Waals surface area contributed by atoms with Crippen LogP contribution in [0.25, 0.3) is 0 Å². The van der Waals surface area contributed by atoms with Gasteiger partial charge in [0.1, 0.15) is 0 Å². The summed E-state index contributed by atoms with van der Waals surface area (Å²) in [5.74, 6) is 0.589. The highest BCUT2D eigenvalue weighted by Crippen LogP contribution is 2.48. The monoisotopic (exact) mass is 307 g/mol. The fraction of sp³-hybridized carbons (Fsp3) is 0.625. The van der Waals surface area contributed by atoms with E-state index in [2.05, 4.69) is 10.7 Å². The molecular formula is C16H21NO3S. The molecule has 2 fully saturated rings. The molecule has 0 saturated heterocycles. The van der Waals surface area contributed by atoms with Gasteiger partial charge >= 0.3 is 5.97 Å². The molecule has 4 atom stereocenters. The Balaban J connectivity index is 1.57. The summed E-state index contributed by atoms with van der Waals surface area (Å²) in [5, 5.41) is 7.20. The molecule has 0 aliphatic heterocycles. The van der Waals surface area contributed by atoms with Crippen molar-refractivity contribution in [1.82, 2.24) is 5.32 Å². The van der Waals surface area contributed by atoms with Gasteiger partial charge in [0.2, 0.25) is 5.91 Å². The number of hydrogen-bond acceptors (Lipinski definition) is 4. The molecule has 3 rings (SSSR count). The van der Waals surface area contributed by atoms with Crippen LogP contribution < -0.4 is 5.32 Å². The topological polar surface area (TPSA) is 55.4 Å². The Morgan fingerprint density at radius 3 is 2.90 bits per heavy atom. The van der Waals surface area contributed by atoms with Gasteiger partial charge in [0.05, 0.1) is 13.0 Å². The van der Waals surface area contributed by atoms with Gasteiger partial charge in [0.25, 0.3) is 0 Å². The SMILES string of the molecule is COC(=O)[C@@H]1[C@H]2CC[C@@H](C2)[C@@H]1NC(=O)CCc1ccsc1. The van der Waals surface area contributed by atoms with Crippen LogP contribution in [0.4, 0.5) is 0 Å². The number of carbonyl (C=O) groups is 2. The lowest BCUT2D eigenvalue weighted by Crippen LogP contribution is -2.47. The molecule has 1 aromatic rings. The van der Waals surface area contributed by atoms with E-state index in [0.29, 0.717) is 18.3 Å². The molecule has 0 spiro atoms. The van der Waals surface area contributed by atoms with Gasteiger partial charge in [0.15, 0.2) is 0 Å². The number of nitrogens with one attached hydrogen (secondary N) is 1. The number of ether oxygens (including phenoxy) is 1. The minimum absolute atomic E-state index is 0.0221. The minimum atomic E-state index is -0.162. The smallest absolute Gasteiger partial charge is 0.311 e. The van der Waals surface area contributed by atoms with Crippen LogP contribution in [0, 0.1) is 17.8 Å². The minimum Gasteiger partial charge on any atom is -0.469 e. The summed E-state index contributed by atoms with van der Waals surface area (Å²) >= 11 is 1.65. The molecule has 5 heteroatoms. The highest BCUT2D eigenvalue weighted by Gasteiger charge is 2.51. The first-order valence-electron chi connectivity index (χ1n) is 7.57. The molecule has 2 aliphatic rings. The second kappa shape index (κ2) is 6.18. The van der Waals surface area contributed by atoms with Crippen molar-refractivity contribution in [1.29, 1.82) is 0 Å². The molecule has 1 heterocycles. The summed E-state index contributed by atoms with van der Waals surface area (Å²) in [4.78, 5) is 24.1. The molecule has 2 aliphatic carbocycles. The summed E-state index contributed by atoms with van der Waals surface area (Å²) in [5.41, 5.74) is 1.20. The van der Waals surface area contributed by atoms with Crippen molar-refractivity contribution < 1.29 is 14.3 Å². The van der Waals surface area contributed by atoms with Crippen LogP contribution in [0.2, 0.25) is 0 Å². The highest BCUT2D eigenvalue weighted by molar-refractivity contribution is 7.07. The Morgan fingerprint density at radius 2 is 2.19 bits per heavy atom. The molecule has 4 nitrogen and oxygen atoms in total. The third kappa shape index (κ3) is 2.98. The molecule has 0 radical (unpaired) electrons. The average molecular weight is 307 g/mol. The number of carbonyl (C=O) groups excluding carboxylic acids is 2. The number of thiophene rings is 1. The maximum Gasteiger partial charge on any atom is 0.311 e. The summed E-state index contributed by atoms with van der Waals surface area (Å²) in [6.07, 6.45) is 4.51. The standard InChI is InChI=1S/C16H21NO3S/c1-20-16(19)14-11-3-4-12(8-11)15(14)17-13(18)5-2-10-6-7-21-9-10/h6-7,9,11-12,14-15H,2-5,8H2,1H3,(H,17,18)/t11-,12-,14+,15-/m0/s1. The van der Waals surface area contributed by atoms with Crippen molar-refractivity contribution >= 4 is 23.2 Å². The van der Waals surface area contributed by atoms with Crippen molar-refractivity contribution in [2.24, 2.45) is 17.8 Å². The van der Waals surface area contributed by atoms with E-state index in [4.69, 9.17) is 4.74 Å². The van der Waals surface area contributed by atoms with E-state index >= 15 is 0 Å². The third-order valence-electron chi connectivity index (χ3n) is 4.94. The normalized spacial score (nSPS) is 30.3. The lowest BCUT2D eigenvalue weighted by atomic mass is 9.84. The van der Waals surface area contributed by atoms with Crippen LogP contribution in [0.1, 0.15) is 31.2 Å². The van der Waals surface area contributed by atoms with Crippen molar-refractivity contribution in [3.8, 4) is 0 Å². The van der Waals surface area contributed by atoms with Crippen LogP contribution in [0.15, 0.2) is 16.8 Å². The van der Waals surface area contributed by atoms with Crippen LogP contribution >= 0.6 is 11.3 Å². The molecule has 1 aromatic heterocycles. The van der Waals surface area contributed by atoms with E-state index in [1.54, 1.807) is 11.3 Å². The first-order chi connectivity index (χ1) is 10.2.